The molecule has 108 valence electrons. The summed E-state index contributed by atoms with van der Waals surface area (Å²) < 4.78 is 62.8. The molecule has 0 amide bonds. The lowest BCUT2D eigenvalue weighted by atomic mass is 9.95. The molecule has 1 aliphatic rings. The van der Waals surface area contributed by atoms with Crippen molar-refractivity contribution in [3.05, 3.63) is 0 Å². The van der Waals surface area contributed by atoms with Gasteiger partial charge in [-0.25, -0.2) is 12.7 Å². The summed E-state index contributed by atoms with van der Waals surface area (Å²) in [6.07, 6.45) is -4.11. The van der Waals surface area contributed by atoms with Crippen LogP contribution in [0.15, 0.2) is 0 Å². The van der Waals surface area contributed by atoms with E-state index in [2.05, 4.69) is 0 Å². The normalized spacial score (nSPS) is 28.1. The second kappa shape index (κ2) is 5.75. The molecule has 4 nitrogen and oxygen atoms in total. The van der Waals surface area contributed by atoms with E-state index in [1.165, 1.54) is 0 Å². The number of nitrogens with zero attached hydrogens (tertiary/aromatic N) is 1. The maximum absolute atomic E-state index is 12.7. The Bertz CT molecular complexity index is 370. The van der Waals surface area contributed by atoms with E-state index in [0.29, 0.717) is 6.42 Å². The maximum Gasteiger partial charge on any atom is 0.393 e. The Kier molecular flexibility index (Phi) is 5.02. The Morgan fingerprint density at radius 2 is 1.83 bits per heavy atom. The van der Waals surface area contributed by atoms with Crippen molar-refractivity contribution >= 4 is 10.0 Å². The smallest absolute Gasteiger partial charge is 0.327 e. The quantitative estimate of drug-likeness (QED) is 0.852. The minimum absolute atomic E-state index is 0.0288. The van der Waals surface area contributed by atoms with Crippen LogP contribution in [-0.2, 0) is 10.0 Å². The molecule has 1 saturated heterocycles. The van der Waals surface area contributed by atoms with E-state index < -0.39 is 28.2 Å². The molecule has 1 rings (SSSR count). The van der Waals surface area contributed by atoms with Gasteiger partial charge in [-0.05, 0) is 19.3 Å². The fourth-order valence-corrected chi connectivity index (χ4v) is 3.72. The summed E-state index contributed by atoms with van der Waals surface area (Å²) in [6.45, 7) is 1.70. The number of hydrogen-bond acceptors (Lipinski definition) is 3. The zero-order valence-corrected chi connectivity index (χ0v) is 11.1. The fourth-order valence-electron chi connectivity index (χ4n) is 2.17. The van der Waals surface area contributed by atoms with Crippen molar-refractivity contribution in [1.29, 1.82) is 0 Å². The predicted molar refractivity (Wildman–Crippen MR) is 62.4 cm³/mol. The van der Waals surface area contributed by atoms with Crippen LogP contribution in [0.25, 0.3) is 0 Å². The van der Waals surface area contributed by atoms with Gasteiger partial charge in [0.25, 0.3) is 0 Å². The van der Waals surface area contributed by atoms with Crippen molar-refractivity contribution in [3.8, 4) is 0 Å². The summed E-state index contributed by atoms with van der Waals surface area (Å²) in [7, 11) is -3.44. The number of halogens is 3. The highest BCUT2D eigenvalue weighted by Crippen LogP contribution is 2.34. The summed E-state index contributed by atoms with van der Waals surface area (Å²) in [5.74, 6) is -1.64. The van der Waals surface area contributed by atoms with Gasteiger partial charge < -0.3 is 5.73 Å². The van der Waals surface area contributed by atoms with Crippen LogP contribution in [0.4, 0.5) is 13.2 Å². The maximum atomic E-state index is 12.7. The van der Waals surface area contributed by atoms with Gasteiger partial charge in [0.15, 0.2) is 0 Å². The van der Waals surface area contributed by atoms with Gasteiger partial charge in [-0.3, -0.25) is 0 Å². The van der Waals surface area contributed by atoms with Crippen LogP contribution in [0, 0.1) is 5.92 Å². The highest BCUT2D eigenvalue weighted by Gasteiger charge is 2.45. The van der Waals surface area contributed by atoms with Gasteiger partial charge in [-0.2, -0.15) is 13.2 Å². The van der Waals surface area contributed by atoms with E-state index in [1.807, 2.05) is 0 Å². The van der Waals surface area contributed by atoms with E-state index >= 15 is 0 Å². The lowest BCUT2D eigenvalue weighted by Gasteiger charge is -2.23. The zero-order valence-electron chi connectivity index (χ0n) is 10.3. The largest absolute Gasteiger partial charge is 0.393 e. The summed E-state index contributed by atoms with van der Waals surface area (Å²) in [4.78, 5) is 0. The molecule has 1 aliphatic heterocycles. The Hall–Kier alpha value is -0.340. The van der Waals surface area contributed by atoms with Crippen molar-refractivity contribution in [1.82, 2.24) is 4.31 Å². The van der Waals surface area contributed by atoms with E-state index in [9.17, 15) is 21.6 Å². The Balaban J connectivity index is 2.77. The third kappa shape index (κ3) is 3.83. The number of hydrogen-bond donors (Lipinski definition) is 1. The molecule has 18 heavy (non-hydrogen) atoms. The molecule has 2 atom stereocenters. The van der Waals surface area contributed by atoms with E-state index in [1.54, 1.807) is 6.92 Å². The van der Waals surface area contributed by atoms with Crippen LogP contribution in [-0.4, -0.2) is 43.8 Å². The molecule has 8 heteroatoms. The first-order valence-corrected chi connectivity index (χ1v) is 7.59. The molecule has 0 bridgehead atoms. The molecule has 2 N–H and O–H groups in total. The standard InChI is InChI=1S/C10H19F3N2O2S/c1-2-7-18(16,17)15-5-3-8(10(11,12)13)9(14)4-6-15/h8-9H,2-7,14H2,1H3. The summed E-state index contributed by atoms with van der Waals surface area (Å²) in [5.41, 5.74) is 5.50. The first-order valence-electron chi connectivity index (χ1n) is 5.98. The van der Waals surface area contributed by atoms with Crippen LogP contribution in [0.5, 0.6) is 0 Å². The van der Waals surface area contributed by atoms with E-state index in [0.717, 1.165) is 4.31 Å². The average molecular weight is 288 g/mol. The monoisotopic (exact) mass is 288 g/mol. The third-order valence-electron chi connectivity index (χ3n) is 3.19. The molecular weight excluding hydrogens is 269 g/mol. The van der Waals surface area contributed by atoms with Crippen LogP contribution >= 0.6 is 0 Å². The second-order valence-corrected chi connectivity index (χ2v) is 6.69. The Labute approximate surface area is 105 Å². The van der Waals surface area contributed by atoms with Crippen molar-refractivity contribution < 1.29 is 21.6 Å². The molecule has 0 radical (unpaired) electrons. The van der Waals surface area contributed by atoms with Gasteiger partial charge in [-0.15, -0.1) is 0 Å². The van der Waals surface area contributed by atoms with Crippen LogP contribution in [0.2, 0.25) is 0 Å². The number of alkyl halides is 3. The van der Waals surface area contributed by atoms with Gasteiger partial charge >= 0.3 is 6.18 Å². The predicted octanol–water partition coefficient (Wildman–Crippen LogP) is 1.33. The molecular formula is C10H19F3N2O2S. The van der Waals surface area contributed by atoms with Crippen LogP contribution in [0.1, 0.15) is 26.2 Å². The Morgan fingerprint density at radius 1 is 1.28 bits per heavy atom. The number of nitrogens with two attached hydrogens (primary N) is 1. The number of sulfonamides is 1. The summed E-state index contributed by atoms with van der Waals surface area (Å²) in [5, 5.41) is 0. The minimum Gasteiger partial charge on any atom is -0.327 e. The molecule has 0 saturated carbocycles. The van der Waals surface area contributed by atoms with Gasteiger partial charge in [0.1, 0.15) is 0 Å². The van der Waals surface area contributed by atoms with Crippen molar-refractivity contribution in [2.75, 3.05) is 18.8 Å². The van der Waals surface area contributed by atoms with Crippen molar-refractivity contribution in [3.63, 3.8) is 0 Å². The summed E-state index contributed by atoms with van der Waals surface area (Å²) in [6, 6.07) is -1.02. The molecule has 1 fully saturated rings. The lowest BCUT2D eigenvalue weighted by molar-refractivity contribution is -0.180. The number of rotatable bonds is 3. The van der Waals surface area contributed by atoms with Crippen molar-refractivity contribution in [2.24, 2.45) is 11.7 Å². The lowest BCUT2D eigenvalue weighted by Crippen LogP contribution is -2.39. The molecule has 1 heterocycles. The van der Waals surface area contributed by atoms with Crippen LogP contribution in [0.3, 0.4) is 0 Å². The highest BCUT2D eigenvalue weighted by atomic mass is 32.2. The second-order valence-electron chi connectivity index (χ2n) is 4.60. The fraction of sp³-hybridized carbons (Fsp3) is 1.00. The van der Waals surface area contributed by atoms with Crippen LogP contribution < -0.4 is 5.73 Å². The molecule has 0 aromatic rings. The topological polar surface area (TPSA) is 63.4 Å². The van der Waals surface area contributed by atoms with E-state index in [-0.39, 0.29) is 31.7 Å². The first-order chi connectivity index (χ1) is 8.18. The molecule has 2 unspecified atom stereocenters. The van der Waals surface area contributed by atoms with E-state index in [4.69, 9.17) is 5.73 Å². The first kappa shape index (κ1) is 15.7. The van der Waals surface area contributed by atoms with Gasteiger partial charge in [-0.1, -0.05) is 6.92 Å². The van der Waals surface area contributed by atoms with Gasteiger partial charge in [0, 0.05) is 19.1 Å². The average Bonchev–Trinajstić information content (AvgIpc) is 2.39. The zero-order chi connectivity index (χ0) is 14.0. The molecule has 0 aromatic heterocycles. The molecule has 0 spiro atoms. The van der Waals surface area contributed by atoms with Crippen molar-refractivity contribution in [2.45, 2.75) is 38.4 Å². The SMILES string of the molecule is CCCS(=O)(=O)N1CCC(N)C(C(F)(F)F)CC1. The Morgan fingerprint density at radius 3 is 2.33 bits per heavy atom. The summed E-state index contributed by atoms with van der Waals surface area (Å²) >= 11 is 0. The third-order valence-corrected chi connectivity index (χ3v) is 5.27. The minimum atomic E-state index is -4.36. The highest BCUT2D eigenvalue weighted by molar-refractivity contribution is 7.89. The molecule has 0 aliphatic carbocycles. The van der Waals surface area contributed by atoms with Gasteiger partial charge in [0.2, 0.25) is 10.0 Å². The van der Waals surface area contributed by atoms with Gasteiger partial charge in [0.05, 0.1) is 11.7 Å². The molecule has 0 aromatic carbocycles.